The molecular weight excluding hydrogens is 302 g/mol. The first-order valence-electron chi connectivity index (χ1n) is 8.63. The fourth-order valence-electron chi connectivity index (χ4n) is 3.60. The fourth-order valence-corrected chi connectivity index (χ4v) is 3.60. The highest BCUT2D eigenvalue weighted by molar-refractivity contribution is 5.85. The summed E-state index contributed by atoms with van der Waals surface area (Å²) in [7, 11) is 9.55. The lowest BCUT2D eigenvalue weighted by molar-refractivity contribution is -0.138. The molecule has 0 spiro atoms. The monoisotopic (exact) mass is 333 g/mol. The van der Waals surface area contributed by atoms with Crippen LogP contribution in [0.15, 0.2) is 23.3 Å². The van der Waals surface area contributed by atoms with E-state index in [2.05, 4.69) is 25.8 Å². The predicted octanol–water partition coefficient (Wildman–Crippen LogP) is 1.68. The lowest BCUT2D eigenvalue weighted by Crippen LogP contribution is -2.49. The van der Waals surface area contributed by atoms with Gasteiger partial charge in [0.15, 0.2) is 5.96 Å². The van der Waals surface area contributed by atoms with E-state index in [9.17, 15) is 4.79 Å². The van der Waals surface area contributed by atoms with Crippen molar-refractivity contribution >= 4 is 11.9 Å². The molecule has 0 unspecified atom stereocenters. The molecule has 6 nitrogen and oxygen atoms in total. The van der Waals surface area contributed by atoms with Crippen molar-refractivity contribution in [3.05, 3.63) is 24.0 Å². The zero-order chi connectivity index (χ0) is 17.7. The van der Waals surface area contributed by atoms with E-state index >= 15 is 0 Å². The van der Waals surface area contributed by atoms with Crippen LogP contribution in [-0.2, 0) is 18.4 Å². The van der Waals surface area contributed by atoms with Crippen LogP contribution in [0.2, 0.25) is 0 Å². The molecule has 1 aliphatic carbocycles. The van der Waals surface area contributed by atoms with Crippen LogP contribution >= 0.6 is 0 Å². The Morgan fingerprint density at radius 2 is 2.00 bits per heavy atom. The molecule has 0 radical (unpaired) electrons. The molecule has 0 aromatic carbocycles. The Balaban J connectivity index is 2.01. The van der Waals surface area contributed by atoms with Gasteiger partial charge in [0.25, 0.3) is 0 Å². The first kappa shape index (κ1) is 18.4. The molecule has 1 N–H and O–H groups in total. The maximum absolute atomic E-state index is 12.7. The number of aryl methyl sites for hydroxylation is 1. The third-order valence-corrected chi connectivity index (χ3v) is 5.03. The second-order valence-electron chi connectivity index (χ2n) is 7.05. The third kappa shape index (κ3) is 3.91. The first-order chi connectivity index (χ1) is 11.4. The summed E-state index contributed by atoms with van der Waals surface area (Å²) in [4.78, 5) is 20.9. The van der Waals surface area contributed by atoms with Gasteiger partial charge in [-0.05, 0) is 25.0 Å². The van der Waals surface area contributed by atoms with Crippen LogP contribution in [0, 0.1) is 5.41 Å². The SMILES string of the molecule is CN=C(NCC1(C(=O)N(C)C)CCCC1)N(C)Cc1cccn1C. The summed E-state index contributed by atoms with van der Waals surface area (Å²) in [6.45, 7) is 1.42. The molecule has 2 rings (SSSR count). The molecule has 1 aliphatic rings. The molecule has 1 aromatic heterocycles. The molecule has 1 amide bonds. The predicted molar refractivity (Wildman–Crippen MR) is 97.8 cm³/mol. The molecule has 1 fully saturated rings. The zero-order valence-corrected chi connectivity index (χ0v) is 15.7. The second kappa shape index (κ2) is 7.73. The Kier molecular flexibility index (Phi) is 5.91. The molecule has 0 bridgehead atoms. The van der Waals surface area contributed by atoms with Crippen molar-refractivity contribution in [2.45, 2.75) is 32.2 Å². The van der Waals surface area contributed by atoms with Crippen LogP contribution in [-0.4, -0.2) is 61.0 Å². The Bertz CT molecular complexity index is 584. The molecule has 6 heteroatoms. The van der Waals surface area contributed by atoms with Crippen LogP contribution < -0.4 is 5.32 Å². The maximum Gasteiger partial charge on any atom is 0.230 e. The molecule has 1 aromatic rings. The molecule has 0 aliphatic heterocycles. The summed E-state index contributed by atoms with van der Waals surface area (Å²) < 4.78 is 2.11. The Morgan fingerprint density at radius 3 is 2.50 bits per heavy atom. The summed E-state index contributed by atoms with van der Waals surface area (Å²) in [6, 6.07) is 4.15. The molecule has 1 heterocycles. The van der Waals surface area contributed by atoms with E-state index in [0.29, 0.717) is 6.54 Å². The number of rotatable bonds is 5. The second-order valence-corrected chi connectivity index (χ2v) is 7.05. The summed E-state index contributed by atoms with van der Waals surface area (Å²) in [6.07, 6.45) is 6.20. The smallest absolute Gasteiger partial charge is 0.230 e. The van der Waals surface area contributed by atoms with Crippen LogP contribution in [0.3, 0.4) is 0 Å². The van der Waals surface area contributed by atoms with Crippen LogP contribution in [0.1, 0.15) is 31.4 Å². The normalized spacial score (nSPS) is 17.0. The fraction of sp³-hybridized carbons (Fsp3) is 0.667. The Hall–Kier alpha value is -1.98. The summed E-state index contributed by atoms with van der Waals surface area (Å²) in [5.41, 5.74) is 0.936. The quantitative estimate of drug-likeness (QED) is 0.659. The van der Waals surface area contributed by atoms with Crippen molar-refractivity contribution < 1.29 is 4.79 Å². The number of hydrogen-bond donors (Lipinski definition) is 1. The van der Waals surface area contributed by atoms with E-state index in [4.69, 9.17) is 0 Å². The molecule has 1 saturated carbocycles. The number of guanidine groups is 1. The topological polar surface area (TPSA) is 52.9 Å². The standard InChI is InChI=1S/C18H31N5O/c1-19-17(23(5)13-15-9-8-12-22(15)4)20-14-18(10-6-7-11-18)16(24)21(2)3/h8-9,12H,6-7,10-11,13-14H2,1-5H3,(H,19,20). The van der Waals surface area contributed by atoms with Gasteiger partial charge >= 0.3 is 0 Å². The Labute approximate surface area is 145 Å². The highest BCUT2D eigenvalue weighted by atomic mass is 16.2. The van der Waals surface area contributed by atoms with Crippen LogP contribution in [0.25, 0.3) is 0 Å². The van der Waals surface area contributed by atoms with Gasteiger partial charge in [0.05, 0.1) is 12.0 Å². The lowest BCUT2D eigenvalue weighted by Gasteiger charge is -2.32. The number of amides is 1. The molecule has 0 atom stereocenters. The number of carbonyl (C=O) groups excluding carboxylic acids is 1. The van der Waals surface area contributed by atoms with Crippen molar-refractivity contribution in [1.29, 1.82) is 0 Å². The first-order valence-corrected chi connectivity index (χ1v) is 8.63. The highest BCUT2D eigenvalue weighted by Gasteiger charge is 2.42. The van der Waals surface area contributed by atoms with Gasteiger partial charge < -0.3 is 19.7 Å². The van der Waals surface area contributed by atoms with Gasteiger partial charge in [0, 0.05) is 53.7 Å². The van der Waals surface area contributed by atoms with Gasteiger partial charge in [0.2, 0.25) is 5.91 Å². The Morgan fingerprint density at radius 1 is 1.33 bits per heavy atom. The minimum atomic E-state index is -0.286. The molecule has 24 heavy (non-hydrogen) atoms. The van der Waals surface area contributed by atoms with Gasteiger partial charge in [-0.1, -0.05) is 12.8 Å². The van der Waals surface area contributed by atoms with Crippen LogP contribution in [0.5, 0.6) is 0 Å². The average molecular weight is 333 g/mol. The van der Waals surface area contributed by atoms with E-state index < -0.39 is 0 Å². The minimum absolute atomic E-state index is 0.230. The number of aliphatic imine (C=N–C) groups is 1. The van der Waals surface area contributed by atoms with Gasteiger partial charge in [0.1, 0.15) is 0 Å². The molecular formula is C18H31N5O. The van der Waals surface area contributed by atoms with Gasteiger partial charge in [-0.2, -0.15) is 0 Å². The van der Waals surface area contributed by atoms with E-state index in [1.54, 1.807) is 11.9 Å². The number of hydrogen-bond acceptors (Lipinski definition) is 2. The van der Waals surface area contributed by atoms with E-state index in [-0.39, 0.29) is 11.3 Å². The van der Waals surface area contributed by atoms with E-state index in [1.165, 1.54) is 5.69 Å². The molecule has 0 saturated heterocycles. The zero-order valence-electron chi connectivity index (χ0n) is 15.7. The van der Waals surface area contributed by atoms with Crippen molar-refractivity contribution in [3.8, 4) is 0 Å². The minimum Gasteiger partial charge on any atom is -0.355 e. The summed E-state index contributed by atoms with van der Waals surface area (Å²) in [5.74, 6) is 1.06. The number of aromatic nitrogens is 1. The largest absolute Gasteiger partial charge is 0.355 e. The summed E-state index contributed by atoms with van der Waals surface area (Å²) >= 11 is 0. The van der Waals surface area contributed by atoms with Gasteiger partial charge in [-0.3, -0.25) is 9.79 Å². The third-order valence-electron chi connectivity index (χ3n) is 5.03. The van der Waals surface area contributed by atoms with Crippen molar-refractivity contribution in [2.24, 2.45) is 17.5 Å². The van der Waals surface area contributed by atoms with Crippen molar-refractivity contribution in [2.75, 3.05) is 34.7 Å². The number of nitrogens with one attached hydrogen (secondary N) is 1. The van der Waals surface area contributed by atoms with Crippen molar-refractivity contribution in [1.82, 2.24) is 19.7 Å². The molecule has 134 valence electrons. The van der Waals surface area contributed by atoms with Crippen molar-refractivity contribution in [3.63, 3.8) is 0 Å². The maximum atomic E-state index is 12.7. The van der Waals surface area contributed by atoms with E-state index in [1.807, 2.05) is 40.5 Å². The van der Waals surface area contributed by atoms with Gasteiger partial charge in [-0.25, -0.2) is 0 Å². The summed E-state index contributed by atoms with van der Waals surface area (Å²) in [5, 5.41) is 3.44. The van der Waals surface area contributed by atoms with E-state index in [0.717, 1.165) is 38.2 Å². The number of carbonyl (C=O) groups is 1. The average Bonchev–Trinajstić information content (AvgIpc) is 3.18. The van der Waals surface area contributed by atoms with Crippen LogP contribution in [0.4, 0.5) is 0 Å². The van der Waals surface area contributed by atoms with Gasteiger partial charge in [-0.15, -0.1) is 0 Å². The highest BCUT2D eigenvalue weighted by Crippen LogP contribution is 2.38. The lowest BCUT2D eigenvalue weighted by atomic mass is 9.84. The number of nitrogens with zero attached hydrogens (tertiary/aromatic N) is 4.